The SMILES string of the molecule is CCCCOC(C)(O)CO. The molecule has 0 heterocycles. The Morgan fingerprint density at radius 3 is 2.50 bits per heavy atom. The highest BCUT2D eigenvalue weighted by Crippen LogP contribution is 2.04. The second-order valence-electron chi connectivity index (χ2n) is 2.54. The van der Waals surface area contributed by atoms with Gasteiger partial charge < -0.3 is 14.9 Å². The maximum absolute atomic E-state index is 9.08. The van der Waals surface area contributed by atoms with Crippen LogP contribution in [-0.4, -0.2) is 29.2 Å². The summed E-state index contributed by atoms with van der Waals surface area (Å²) in [6.07, 6.45) is 1.94. The van der Waals surface area contributed by atoms with E-state index in [0.29, 0.717) is 6.61 Å². The summed E-state index contributed by atoms with van der Waals surface area (Å²) in [7, 11) is 0. The molecule has 1 atom stereocenters. The zero-order chi connectivity index (χ0) is 8.04. The van der Waals surface area contributed by atoms with Crippen LogP contribution >= 0.6 is 0 Å². The monoisotopic (exact) mass is 148 g/mol. The van der Waals surface area contributed by atoms with Gasteiger partial charge in [0.25, 0.3) is 0 Å². The number of hydrogen-bond acceptors (Lipinski definition) is 3. The van der Waals surface area contributed by atoms with Crippen molar-refractivity contribution in [2.75, 3.05) is 13.2 Å². The van der Waals surface area contributed by atoms with Crippen molar-refractivity contribution in [1.82, 2.24) is 0 Å². The molecule has 0 aliphatic carbocycles. The number of aliphatic hydroxyl groups excluding tert-OH is 1. The minimum Gasteiger partial charge on any atom is -0.391 e. The summed E-state index contributed by atoms with van der Waals surface area (Å²) >= 11 is 0. The molecule has 0 aliphatic rings. The lowest BCUT2D eigenvalue weighted by atomic mass is 10.3. The van der Waals surface area contributed by atoms with Crippen molar-refractivity contribution < 1.29 is 14.9 Å². The molecule has 0 saturated carbocycles. The Morgan fingerprint density at radius 1 is 1.50 bits per heavy atom. The summed E-state index contributed by atoms with van der Waals surface area (Å²) in [5.41, 5.74) is 0. The third-order valence-electron chi connectivity index (χ3n) is 1.20. The molecule has 1 unspecified atom stereocenters. The van der Waals surface area contributed by atoms with Gasteiger partial charge in [0.2, 0.25) is 0 Å². The fourth-order valence-electron chi connectivity index (χ4n) is 0.482. The molecule has 0 aromatic carbocycles. The molecule has 0 aromatic rings. The van der Waals surface area contributed by atoms with Crippen molar-refractivity contribution >= 4 is 0 Å². The van der Waals surface area contributed by atoms with Gasteiger partial charge in [-0.15, -0.1) is 0 Å². The van der Waals surface area contributed by atoms with E-state index in [1.54, 1.807) is 0 Å². The molecule has 3 heteroatoms. The Bertz CT molecular complexity index is 80.9. The molecule has 0 radical (unpaired) electrons. The predicted molar refractivity (Wildman–Crippen MR) is 38.6 cm³/mol. The molecule has 0 fully saturated rings. The van der Waals surface area contributed by atoms with E-state index in [1.165, 1.54) is 6.92 Å². The average molecular weight is 148 g/mol. The van der Waals surface area contributed by atoms with Crippen molar-refractivity contribution in [2.24, 2.45) is 0 Å². The zero-order valence-corrected chi connectivity index (χ0v) is 6.63. The Morgan fingerprint density at radius 2 is 2.10 bits per heavy atom. The summed E-state index contributed by atoms with van der Waals surface area (Å²) in [6.45, 7) is 3.64. The molecule has 3 nitrogen and oxygen atoms in total. The lowest BCUT2D eigenvalue weighted by Crippen LogP contribution is -2.32. The van der Waals surface area contributed by atoms with E-state index >= 15 is 0 Å². The fraction of sp³-hybridized carbons (Fsp3) is 1.00. The maximum atomic E-state index is 9.08. The van der Waals surface area contributed by atoms with E-state index in [0.717, 1.165) is 12.8 Å². The largest absolute Gasteiger partial charge is 0.391 e. The molecule has 0 spiro atoms. The van der Waals surface area contributed by atoms with Crippen molar-refractivity contribution in [1.29, 1.82) is 0 Å². The van der Waals surface area contributed by atoms with Crippen LogP contribution in [0.15, 0.2) is 0 Å². The van der Waals surface area contributed by atoms with Crippen LogP contribution in [0.25, 0.3) is 0 Å². The van der Waals surface area contributed by atoms with Crippen molar-refractivity contribution in [3.63, 3.8) is 0 Å². The van der Waals surface area contributed by atoms with E-state index < -0.39 is 5.79 Å². The van der Waals surface area contributed by atoms with Crippen LogP contribution in [0.4, 0.5) is 0 Å². The summed E-state index contributed by atoms with van der Waals surface area (Å²) < 4.78 is 4.92. The Balaban J connectivity index is 3.28. The first-order valence-corrected chi connectivity index (χ1v) is 3.59. The number of aliphatic hydroxyl groups is 2. The molecule has 0 saturated heterocycles. The van der Waals surface area contributed by atoms with Crippen LogP contribution in [-0.2, 0) is 4.74 Å². The van der Waals surface area contributed by atoms with Crippen LogP contribution in [0.5, 0.6) is 0 Å². The van der Waals surface area contributed by atoms with Crippen molar-refractivity contribution in [2.45, 2.75) is 32.5 Å². The second-order valence-corrected chi connectivity index (χ2v) is 2.54. The molecule has 0 bridgehead atoms. The van der Waals surface area contributed by atoms with Crippen LogP contribution in [0.2, 0.25) is 0 Å². The van der Waals surface area contributed by atoms with Gasteiger partial charge in [-0.1, -0.05) is 13.3 Å². The minimum atomic E-state index is -1.35. The van der Waals surface area contributed by atoms with Gasteiger partial charge in [0, 0.05) is 0 Å². The smallest absolute Gasteiger partial charge is 0.186 e. The fourth-order valence-corrected chi connectivity index (χ4v) is 0.482. The third-order valence-corrected chi connectivity index (χ3v) is 1.20. The first-order valence-electron chi connectivity index (χ1n) is 3.59. The van der Waals surface area contributed by atoms with E-state index in [1.807, 2.05) is 6.92 Å². The Labute approximate surface area is 61.6 Å². The predicted octanol–water partition coefficient (Wildman–Crippen LogP) is 0.504. The van der Waals surface area contributed by atoms with E-state index in [2.05, 4.69) is 0 Å². The summed E-state index contributed by atoms with van der Waals surface area (Å²) in [6, 6.07) is 0. The molecular weight excluding hydrogens is 132 g/mol. The van der Waals surface area contributed by atoms with Gasteiger partial charge in [-0.05, 0) is 13.3 Å². The van der Waals surface area contributed by atoms with Gasteiger partial charge in [-0.2, -0.15) is 0 Å². The quantitative estimate of drug-likeness (QED) is 0.441. The molecule has 10 heavy (non-hydrogen) atoms. The first-order chi connectivity index (χ1) is 4.62. The van der Waals surface area contributed by atoms with Gasteiger partial charge in [0.05, 0.1) is 13.2 Å². The summed E-state index contributed by atoms with van der Waals surface area (Å²) in [4.78, 5) is 0. The van der Waals surface area contributed by atoms with E-state index in [-0.39, 0.29) is 6.61 Å². The van der Waals surface area contributed by atoms with E-state index in [4.69, 9.17) is 14.9 Å². The van der Waals surface area contributed by atoms with Gasteiger partial charge in [0.15, 0.2) is 5.79 Å². The Kier molecular flexibility index (Phi) is 4.60. The molecule has 2 N–H and O–H groups in total. The molecule has 62 valence electrons. The van der Waals surface area contributed by atoms with Crippen LogP contribution < -0.4 is 0 Å². The average Bonchev–Trinajstić information content (AvgIpc) is 1.89. The summed E-state index contributed by atoms with van der Waals surface area (Å²) in [5.74, 6) is -1.35. The number of unbranched alkanes of at least 4 members (excludes halogenated alkanes) is 1. The van der Waals surface area contributed by atoms with Gasteiger partial charge in [-0.3, -0.25) is 0 Å². The molecule has 0 amide bonds. The highest BCUT2D eigenvalue weighted by atomic mass is 16.6. The lowest BCUT2D eigenvalue weighted by molar-refractivity contribution is -0.211. The maximum Gasteiger partial charge on any atom is 0.186 e. The zero-order valence-electron chi connectivity index (χ0n) is 6.63. The van der Waals surface area contributed by atoms with Crippen LogP contribution in [0.1, 0.15) is 26.7 Å². The lowest BCUT2D eigenvalue weighted by Gasteiger charge is -2.20. The third kappa shape index (κ3) is 4.73. The highest BCUT2D eigenvalue weighted by molar-refractivity contribution is 4.55. The standard InChI is InChI=1S/C7H16O3/c1-3-4-5-10-7(2,9)6-8/h8-9H,3-6H2,1-2H3. The Hall–Kier alpha value is -0.120. The first kappa shape index (κ1) is 9.88. The normalized spacial score (nSPS) is 16.8. The minimum absolute atomic E-state index is 0.350. The second kappa shape index (κ2) is 4.66. The molecular formula is C7H16O3. The van der Waals surface area contributed by atoms with Gasteiger partial charge in [-0.25, -0.2) is 0 Å². The van der Waals surface area contributed by atoms with Crippen LogP contribution in [0.3, 0.4) is 0 Å². The van der Waals surface area contributed by atoms with Gasteiger partial charge >= 0.3 is 0 Å². The summed E-state index contributed by atoms with van der Waals surface area (Å²) in [5, 5.41) is 17.6. The van der Waals surface area contributed by atoms with Crippen LogP contribution in [0, 0.1) is 0 Å². The number of ether oxygens (including phenoxy) is 1. The van der Waals surface area contributed by atoms with Crippen molar-refractivity contribution in [3.8, 4) is 0 Å². The molecule has 0 aliphatic heterocycles. The molecule has 0 aromatic heterocycles. The topological polar surface area (TPSA) is 49.7 Å². The van der Waals surface area contributed by atoms with Gasteiger partial charge in [0.1, 0.15) is 0 Å². The highest BCUT2D eigenvalue weighted by Gasteiger charge is 2.17. The molecule has 0 rings (SSSR count). The van der Waals surface area contributed by atoms with Crippen molar-refractivity contribution in [3.05, 3.63) is 0 Å². The number of hydrogen-bond donors (Lipinski definition) is 2. The van der Waals surface area contributed by atoms with E-state index in [9.17, 15) is 0 Å². The number of rotatable bonds is 5.